The summed E-state index contributed by atoms with van der Waals surface area (Å²) in [5.74, 6) is 0.586. The van der Waals surface area contributed by atoms with E-state index in [0.717, 1.165) is 30.6 Å². The molecule has 0 aromatic carbocycles. The number of ether oxygens (including phenoxy) is 1. The molecule has 0 radical (unpaired) electrons. The molecule has 0 aliphatic carbocycles. The Morgan fingerprint density at radius 3 is 1.76 bits per heavy atom. The zero-order chi connectivity index (χ0) is 30.1. The van der Waals surface area contributed by atoms with Gasteiger partial charge in [0.05, 0.1) is 18.1 Å². The summed E-state index contributed by atoms with van der Waals surface area (Å²) in [7, 11) is 1.35. The zero-order valence-electron chi connectivity index (χ0n) is 27.2. The fourth-order valence-electron chi connectivity index (χ4n) is 6.34. The Kier molecular flexibility index (Phi) is 19.6. The average molecular weight is 630 g/mol. The molecule has 3 N–H and O–H groups in total. The summed E-state index contributed by atoms with van der Waals surface area (Å²) in [6, 6.07) is -0.117. The van der Waals surface area contributed by atoms with E-state index in [-0.39, 0.29) is 28.3 Å². The maximum atomic E-state index is 13.0. The first-order valence-electron chi connectivity index (χ1n) is 16.6. The van der Waals surface area contributed by atoms with Crippen molar-refractivity contribution in [2.45, 2.75) is 148 Å². The van der Waals surface area contributed by atoms with Crippen molar-refractivity contribution in [1.82, 2.24) is 5.32 Å². The van der Waals surface area contributed by atoms with E-state index in [9.17, 15) is 9.59 Å². The second kappa shape index (κ2) is 21.3. The highest BCUT2D eigenvalue weighted by molar-refractivity contribution is 8.01. The number of hydrogen-bond acceptors (Lipinski definition) is 6. The van der Waals surface area contributed by atoms with Crippen LogP contribution in [0.25, 0.3) is 0 Å². The summed E-state index contributed by atoms with van der Waals surface area (Å²) in [6.45, 7) is 9.16. The lowest BCUT2D eigenvalue weighted by molar-refractivity contribution is -1.07. The lowest BCUT2D eigenvalue weighted by atomic mass is 9.89. The quantitative estimate of drug-likeness (QED) is 0.102. The molecule has 2 aliphatic rings. The minimum absolute atomic E-state index is 0. The first kappa shape index (κ1) is 38.6. The Balaban J connectivity index is 0.00000882. The lowest BCUT2D eigenvalue weighted by Gasteiger charge is -2.48. The van der Waals surface area contributed by atoms with E-state index in [0.29, 0.717) is 30.1 Å². The number of halogens is 1. The number of nitrogens with zero attached hydrogens (tertiary/aromatic N) is 1. The maximum absolute atomic E-state index is 13.0. The van der Waals surface area contributed by atoms with Crippen molar-refractivity contribution in [3.8, 4) is 0 Å². The summed E-state index contributed by atoms with van der Waals surface area (Å²) in [5, 5.41) is 3.26. The van der Waals surface area contributed by atoms with Crippen molar-refractivity contribution in [2.24, 2.45) is 5.73 Å². The Hall–Kier alpha value is -1.38. The predicted molar refractivity (Wildman–Crippen MR) is 171 cm³/mol. The fraction of sp³-hybridized carbons (Fsp3) is 0.818. The summed E-state index contributed by atoms with van der Waals surface area (Å²) < 4.78 is 5.00. The maximum Gasteiger partial charge on any atom is 0.462 e. The van der Waals surface area contributed by atoms with Crippen LogP contribution >= 0.6 is 11.8 Å². The van der Waals surface area contributed by atoms with E-state index in [1.807, 2.05) is 32.5 Å². The van der Waals surface area contributed by atoms with Crippen LogP contribution in [0.3, 0.4) is 0 Å². The van der Waals surface area contributed by atoms with Gasteiger partial charge in [0.25, 0.3) is 0 Å². The Bertz CT molecular complexity index is 877. The predicted octanol–water partition coefficient (Wildman–Crippen LogP) is 5.30. The number of methoxy groups -OCH3 is 1. The Labute approximate surface area is 267 Å². The molecule has 0 spiro atoms. The van der Waals surface area contributed by atoms with E-state index in [2.05, 4.69) is 12.2 Å². The number of nitrogens with two attached hydrogens (primary N) is 1. The largest absolute Gasteiger partial charge is 1.00 e. The minimum atomic E-state index is -0.493. The smallest absolute Gasteiger partial charge is 0.462 e. The second-order valence-corrected chi connectivity index (χ2v) is 13.3. The van der Waals surface area contributed by atoms with Gasteiger partial charge in [0.15, 0.2) is 11.7 Å². The van der Waals surface area contributed by atoms with Crippen molar-refractivity contribution >= 4 is 23.8 Å². The van der Waals surface area contributed by atoms with Crippen molar-refractivity contribution in [1.29, 1.82) is 0 Å². The van der Waals surface area contributed by atoms with Crippen LogP contribution < -0.4 is 23.5 Å². The van der Waals surface area contributed by atoms with Crippen LogP contribution in [0.2, 0.25) is 0 Å². The van der Waals surface area contributed by atoms with Gasteiger partial charge < -0.3 is 28.2 Å². The number of nitrogens with one attached hydrogen (secondary N) is 1. The number of unbranched alkanes of at least 4 members (excludes halogenated alkanes) is 15. The van der Waals surface area contributed by atoms with Gasteiger partial charge in [-0.05, 0) is 32.4 Å². The number of allylic oxidation sites excluding steroid dienone is 1. The number of hydrogen-bond donors (Lipinski definition) is 2. The van der Waals surface area contributed by atoms with Gasteiger partial charge in [-0.2, -0.15) is 11.8 Å². The van der Waals surface area contributed by atoms with Gasteiger partial charge >= 0.3 is 12.1 Å². The highest BCUT2D eigenvalue weighted by Gasteiger charge is 2.55. The monoisotopic (exact) mass is 629 g/mol. The van der Waals surface area contributed by atoms with Crippen LogP contribution in [-0.2, 0) is 14.4 Å². The molecule has 2 rings (SSSR count). The topological polar surface area (TPSA) is 90.6 Å². The normalized spacial score (nSPS) is 21.9. The summed E-state index contributed by atoms with van der Waals surface area (Å²) >= 11 is 1.86. The third kappa shape index (κ3) is 11.3. The van der Waals surface area contributed by atoms with E-state index < -0.39 is 12.1 Å². The van der Waals surface area contributed by atoms with Crippen molar-refractivity contribution < 1.29 is 36.2 Å². The van der Waals surface area contributed by atoms with E-state index in [1.165, 1.54) is 97.0 Å². The number of thioether (sulfide) groups is 1. The van der Waals surface area contributed by atoms with Crippen LogP contribution in [0, 0.1) is 0 Å². The number of amides is 1. The zero-order valence-corrected chi connectivity index (χ0v) is 28.8. The number of esters is 1. The molecule has 2 heterocycles. The molecule has 9 heteroatoms. The van der Waals surface area contributed by atoms with Crippen LogP contribution in [0.1, 0.15) is 137 Å². The molecule has 2 aliphatic heterocycles. The van der Waals surface area contributed by atoms with E-state index in [4.69, 9.17) is 15.3 Å². The molecule has 244 valence electrons. The standard InChI is InChI=1S/C33H59N3O4S.ClH/c1-6-8-9-10-11-12-13-14-15-16-17-18-19-20-21-22-24-35-33(38)40-36(7-2)27(4)29(32(37)39-5)30(34)26(3)31(36)28-23-25-41-28;/h28,31H,6-25,34H2,1-5H3;1H. The Morgan fingerprint density at radius 1 is 0.881 bits per heavy atom. The van der Waals surface area contributed by atoms with Gasteiger partial charge in [-0.15, -0.1) is 0 Å². The van der Waals surface area contributed by atoms with Crippen LogP contribution in [0.5, 0.6) is 0 Å². The first-order valence-corrected chi connectivity index (χ1v) is 17.6. The highest BCUT2D eigenvalue weighted by Crippen LogP contribution is 2.46. The Morgan fingerprint density at radius 2 is 1.36 bits per heavy atom. The number of quaternary nitrogens is 1. The SMILES string of the molecule is CCCCCCCCCCCCCCCCCCNC(=O)O[N+]1(CC)C(C)=C(C(=O)OC)C(N)=C(C)C1C1CCS1.[Cl-]. The van der Waals surface area contributed by atoms with Crippen LogP contribution in [0.4, 0.5) is 4.79 Å². The van der Waals surface area contributed by atoms with Crippen molar-refractivity contribution in [3.05, 3.63) is 22.5 Å². The van der Waals surface area contributed by atoms with Crippen molar-refractivity contribution in [3.63, 3.8) is 0 Å². The van der Waals surface area contributed by atoms with Crippen molar-refractivity contribution in [2.75, 3.05) is 26.0 Å². The summed E-state index contributed by atoms with van der Waals surface area (Å²) in [4.78, 5) is 31.9. The van der Waals surface area contributed by atoms with E-state index >= 15 is 0 Å². The highest BCUT2D eigenvalue weighted by atomic mass is 35.5. The second-order valence-electron chi connectivity index (χ2n) is 11.9. The number of likely N-dealkylation sites (N-methyl/N-ethyl adjacent to an activating group) is 1. The van der Waals surface area contributed by atoms with Gasteiger partial charge in [-0.3, -0.25) is 0 Å². The summed E-state index contributed by atoms with van der Waals surface area (Å²) in [6.07, 6.45) is 21.7. The molecule has 0 aromatic rings. The average Bonchev–Trinajstić information content (AvgIpc) is 2.94. The van der Waals surface area contributed by atoms with E-state index in [1.54, 1.807) is 0 Å². The molecule has 1 amide bonds. The van der Waals surface area contributed by atoms with Crippen LogP contribution in [-0.4, -0.2) is 54.0 Å². The van der Waals surface area contributed by atoms with Crippen LogP contribution in [0.15, 0.2) is 22.5 Å². The third-order valence-electron chi connectivity index (χ3n) is 9.01. The molecule has 3 unspecified atom stereocenters. The molecule has 42 heavy (non-hydrogen) atoms. The number of carbonyl (C=O) groups excluding carboxylic acids is 2. The molecule has 1 fully saturated rings. The fourth-order valence-corrected chi connectivity index (χ4v) is 7.43. The van der Waals surface area contributed by atoms with Gasteiger partial charge in [0, 0.05) is 19.0 Å². The minimum Gasteiger partial charge on any atom is -1.00 e. The lowest BCUT2D eigenvalue weighted by Crippen LogP contribution is -3.00. The van der Waals surface area contributed by atoms with Gasteiger partial charge in [0.2, 0.25) is 0 Å². The molecular weight excluding hydrogens is 570 g/mol. The van der Waals surface area contributed by atoms with Gasteiger partial charge in [-0.1, -0.05) is 108 Å². The number of rotatable bonds is 21. The summed E-state index contributed by atoms with van der Waals surface area (Å²) in [5.41, 5.74) is 8.75. The molecule has 7 nitrogen and oxygen atoms in total. The third-order valence-corrected chi connectivity index (χ3v) is 10.4. The van der Waals surface area contributed by atoms with Gasteiger partial charge in [0.1, 0.15) is 12.1 Å². The molecular formula is C33H60ClN3O4S. The number of carbonyl (C=O) groups is 2. The van der Waals surface area contributed by atoms with Gasteiger partial charge in [-0.25, -0.2) is 14.4 Å². The number of hydroxylamine groups is 3. The molecule has 0 saturated carbocycles. The first-order chi connectivity index (χ1) is 19.8. The molecule has 0 aromatic heterocycles. The molecule has 0 bridgehead atoms. The molecule has 1 saturated heterocycles. The molecule has 3 atom stereocenters.